The number of aliphatic carboxylic acids is 1. The van der Waals surface area contributed by atoms with Crippen LogP contribution in [0.1, 0.15) is 64.2 Å². The summed E-state index contributed by atoms with van der Waals surface area (Å²) in [5.74, 6) is -1.21. The van der Waals surface area contributed by atoms with Gasteiger partial charge in [0.1, 0.15) is 24.4 Å². The molecule has 1 aliphatic heterocycles. The van der Waals surface area contributed by atoms with Crippen molar-refractivity contribution >= 4 is 5.97 Å². The van der Waals surface area contributed by atoms with Gasteiger partial charge in [-0.15, -0.1) is 0 Å². The molecule has 0 aromatic rings. The molecule has 0 aromatic carbocycles. The van der Waals surface area contributed by atoms with Crippen molar-refractivity contribution in [3.8, 4) is 0 Å². The quantitative estimate of drug-likeness (QED) is 0.271. The van der Waals surface area contributed by atoms with E-state index in [4.69, 9.17) is 14.2 Å². The smallest absolute Gasteiger partial charge is 0.547 e. The van der Waals surface area contributed by atoms with Crippen LogP contribution in [0.25, 0.3) is 0 Å². The summed E-state index contributed by atoms with van der Waals surface area (Å²) in [5.41, 5.74) is 0. The molecular weight excluding hydrogens is 419 g/mol. The van der Waals surface area contributed by atoms with Gasteiger partial charge in [-0.2, -0.15) is 0 Å². The minimum Gasteiger partial charge on any atom is -0.547 e. The number of hydrogen-bond donors (Lipinski definition) is 4. The van der Waals surface area contributed by atoms with E-state index in [0.717, 1.165) is 44.9 Å². The van der Waals surface area contributed by atoms with Gasteiger partial charge in [0.15, 0.2) is 6.29 Å². The summed E-state index contributed by atoms with van der Waals surface area (Å²) in [6, 6.07) is 0. The molecule has 1 saturated heterocycles. The van der Waals surface area contributed by atoms with Crippen molar-refractivity contribution in [3.05, 3.63) is 0 Å². The van der Waals surface area contributed by atoms with Crippen LogP contribution in [-0.2, 0) is 19.0 Å². The van der Waals surface area contributed by atoms with Crippen molar-refractivity contribution in [3.63, 3.8) is 0 Å². The van der Waals surface area contributed by atoms with Crippen LogP contribution < -0.4 is 34.7 Å². The second-order valence-electron chi connectivity index (χ2n) is 8.88. The molecule has 0 spiro atoms. The van der Waals surface area contributed by atoms with Gasteiger partial charge in [0.2, 0.25) is 0 Å². The Morgan fingerprint density at radius 1 is 1.00 bits per heavy atom. The molecule has 0 bridgehead atoms. The molecule has 31 heavy (non-hydrogen) atoms. The molecule has 3 fully saturated rings. The number of carboxylic acid groups (broad SMARTS) is 1. The summed E-state index contributed by atoms with van der Waals surface area (Å²) in [7, 11) is 0. The van der Waals surface area contributed by atoms with Gasteiger partial charge in [-0.05, 0) is 25.2 Å². The first-order chi connectivity index (χ1) is 14.4. The second kappa shape index (κ2) is 13.2. The molecule has 9 nitrogen and oxygen atoms in total. The summed E-state index contributed by atoms with van der Waals surface area (Å²) in [5, 5.41) is 52.7. The Balaban J connectivity index is 0.00000341. The maximum absolute atomic E-state index is 11.7. The first-order valence-electron chi connectivity index (χ1n) is 11.2. The molecule has 8 atom stereocenters. The van der Waals surface area contributed by atoms with E-state index in [1.54, 1.807) is 0 Å². The van der Waals surface area contributed by atoms with Gasteiger partial charge in [-0.3, -0.25) is 0 Å². The SMILES string of the molecule is O=C([O-])C(CC1CCCCC1)O[C@@H]1[C@@H](O)[C@@H](O[C@H]2CCCC[C@H]2O)O[C@@H](CO)[C@H]1O.[Na+]. The molecule has 0 aromatic heterocycles. The molecule has 4 N–H and O–H groups in total. The fraction of sp³-hybridized carbons (Fsp3) is 0.952. The number of hydrogen-bond acceptors (Lipinski definition) is 9. The van der Waals surface area contributed by atoms with Gasteiger partial charge >= 0.3 is 29.6 Å². The topological polar surface area (TPSA) is 149 Å². The molecule has 1 unspecified atom stereocenters. The zero-order valence-electron chi connectivity index (χ0n) is 18.3. The van der Waals surface area contributed by atoms with E-state index >= 15 is 0 Å². The summed E-state index contributed by atoms with van der Waals surface area (Å²) in [6.07, 6.45) is -0.944. The van der Waals surface area contributed by atoms with E-state index in [-0.39, 0.29) is 41.9 Å². The number of aliphatic hydroxyl groups excluding tert-OH is 4. The van der Waals surface area contributed by atoms with Crippen LogP contribution in [0.15, 0.2) is 0 Å². The van der Waals surface area contributed by atoms with Crippen molar-refractivity contribution in [1.82, 2.24) is 0 Å². The minimum absolute atomic E-state index is 0. The van der Waals surface area contributed by atoms with E-state index in [1.807, 2.05) is 0 Å². The van der Waals surface area contributed by atoms with Crippen molar-refractivity contribution in [1.29, 1.82) is 0 Å². The predicted molar refractivity (Wildman–Crippen MR) is 102 cm³/mol. The molecule has 0 radical (unpaired) electrons. The molecular formula is C21H35NaO9. The van der Waals surface area contributed by atoms with Crippen LogP contribution in [0, 0.1) is 5.92 Å². The number of carbonyl (C=O) groups is 1. The van der Waals surface area contributed by atoms with E-state index in [0.29, 0.717) is 12.8 Å². The van der Waals surface area contributed by atoms with Crippen LogP contribution in [0.4, 0.5) is 0 Å². The molecule has 174 valence electrons. The Kier molecular flexibility index (Phi) is 11.7. The number of carboxylic acids is 1. The van der Waals surface area contributed by atoms with Crippen LogP contribution in [0.3, 0.4) is 0 Å². The van der Waals surface area contributed by atoms with Crippen LogP contribution >= 0.6 is 0 Å². The minimum atomic E-state index is -1.48. The standard InChI is InChI=1S/C21H36O9.Na/c22-11-16-17(24)19(28-15(20(26)27)10-12-6-2-1-3-7-12)18(25)21(30-16)29-14-9-5-4-8-13(14)23;/h12-19,21-25H,1-11H2,(H,26,27);/q;+1/p-1/t13-,14+,15?,16+,17-,18-,19+,21+;/m1./s1. The Labute approximate surface area is 205 Å². The summed E-state index contributed by atoms with van der Waals surface area (Å²) < 4.78 is 16.9. The molecule has 1 heterocycles. The molecule has 0 amide bonds. The van der Waals surface area contributed by atoms with Gasteiger partial charge in [-0.1, -0.05) is 44.9 Å². The van der Waals surface area contributed by atoms with Crippen LogP contribution in [0.5, 0.6) is 0 Å². The molecule has 3 rings (SSSR count). The Morgan fingerprint density at radius 2 is 1.65 bits per heavy atom. The third-order valence-corrected chi connectivity index (χ3v) is 6.65. The average molecular weight is 454 g/mol. The predicted octanol–water partition coefficient (Wildman–Crippen LogP) is -3.78. The van der Waals surface area contributed by atoms with Crippen molar-refractivity contribution in [2.45, 2.75) is 113 Å². The fourth-order valence-corrected chi connectivity index (χ4v) is 4.86. The maximum Gasteiger partial charge on any atom is 1.00 e. The zero-order valence-corrected chi connectivity index (χ0v) is 20.3. The van der Waals surface area contributed by atoms with Gasteiger partial charge in [0.05, 0.1) is 30.9 Å². The number of aliphatic hydroxyl groups is 4. The third-order valence-electron chi connectivity index (χ3n) is 6.65. The summed E-state index contributed by atoms with van der Waals surface area (Å²) in [4.78, 5) is 11.7. The maximum atomic E-state index is 11.7. The number of rotatable bonds is 8. The molecule has 3 aliphatic rings. The van der Waals surface area contributed by atoms with Crippen LogP contribution in [-0.4, -0.2) is 82.0 Å². The van der Waals surface area contributed by atoms with E-state index < -0.39 is 61.6 Å². The van der Waals surface area contributed by atoms with Gasteiger partial charge in [0, 0.05) is 0 Å². The van der Waals surface area contributed by atoms with E-state index in [9.17, 15) is 30.3 Å². The number of ether oxygens (including phenoxy) is 3. The summed E-state index contributed by atoms with van der Waals surface area (Å²) in [6.45, 7) is -0.556. The molecule has 2 aliphatic carbocycles. The Morgan fingerprint density at radius 3 is 2.26 bits per heavy atom. The third kappa shape index (κ3) is 7.34. The van der Waals surface area contributed by atoms with E-state index in [1.165, 1.54) is 0 Å². The monoisotopic (exact) mass is 454 g/mol. The Bertz CT molecular complexity index is 545. The van der Waals surface area contributed by atoms with Crippen molar-refractivity contribution in [2.75, 3.05) is 6.61 Å². The largest absolute Gasteiger partial charge is 1.00 e. The first kappa shape index (κ1) is 27.4. The molecule has 10 heteroatoms. The normalized spacial score (nSPS) is 38.3. The summed E-state index contributed by atoms with van der Waals surface area (Å²) >= 11 is 0. The van der Waals surface area contributed by atoms with Crippen LogP contribution in [0.2, 0.25) is 0 Å². The fourth-order valence-electron chi connectivity index (χ4n) is 4.86. The number of carbonyl (C=O) groups excluding carboxylic acids is 1. The van der Waals surface area contributed by atoms with Crippen molar-refractivity contribution < 1.29 is 74.1 Å². The first-order valence-corrected chi connectivity index (χ1v) is 11.2. The van der Waals surface area contributed by atoms with Crippen molar-refractivity contribution in [2.24, 2.45) is 5.92 Å². The Hall–Kier alpha value is 0.190. The van der Waals surface area contributed by atoms with Gasteiger partial charge in [0.25, 0.3) is 0 Å². The average Bonchev–Trinajstić information content (AvgIpc) is 2.74. The zero-order chi connectivity index (χ0) is 21.7. The second-order valence-corrected chi connectivity index (χ2v) is 8.88. The van der Waals surface area contributed by atoms with Gasteiger partial charge < -0.3 is 44.5 Å². The van der Waals surface area contributed by atoms with Gasteiger partial charge in [-0.25, -0.2) is 0 Å². The van der Waals surface area contributed by atoms with E-state index in [2.05, 4.69) is 0 Å². The molecule has 2 saturated carbocycles.